The number of aromatic nitrogens is 5. The van der Waals surface area contributed by atoms with Crippen LogP contribution in [0.15, 0.2) is 6.33 Å². The number of nitrogens with one attached hydrogen (secondary N) is 2. The van der Waals surface area contributed by atoms with Crippen LogP contribution in [0, 0.1) is 13.8 Å². The van der Waals surface area contributed by atoms with Crippen LogP contribution in [-0.2, 0) is 18.3 Å². The first-order chi connectivity index (χ1) is 8.99. The van der Waals surface area contributed by atoms with Gasteiger partial charge in [0.25, 0.3) is 0 Å². The second-order valence-corrected chi connectivity index (χ2v) is 4.62. The van der Waals surface area contributed by atoms with Gasteiger partial charge in [-0.05, 0) is 20.8 Å². The van der Waals surface area contributed by atoms with Gasteiger partial charge in [0.05, 0.1) is 18.2 Å². The zero-order chi connectivity index (χ0) is 14.0. The number of aryl methyl sites for hydroxylation is 3. The molecule has 0 saturated heterocycles. The van der Waals surface area contributed by atoms with E-state index in [1.165, 1.54) is 6.33 Å². The molecule has 1 atom stereocenters. The zero-order valence-electron chi connectivity index (χ0n) is 11.6. The molecule has 0 aliphatic rings. The molecule has 1 amide bonds. The number of carbonyl (C=O) groups is 1. The monoisotopic (exact) mass is 262 g/mol. The van der Waals surface area contributed by atoms with Gasteiger partial charge in [-0.25, -0.2) is 4.98 Å². The average molecular weight is 262 g/mol. The van der Waals surface area contributed by atoms with Gasteiger partial charge in [0, 0.05) is 18.3 Å². The Hall–Kier alpha value is -2.18. The van der Waals surface area contributed by atoms with Crippen LogP contribution in [0.2, 0.25) is 0 Å². The van der Waals surface area contributed by atoms with E-state index in [9.17, 15) is 4.79 Å². The number of hydrogen-bond donors (Lipinski definition) is 2. The number of H-pyrrole nitrogens is 1. The Morgan fingerprint density at radius 1 is 1.53 bits per heavy atom. The fraction of sp³-hybridized carbons (Fsp3) is 0.500. The van der Waals surface area contributed by atoms with Crippen LogP contribution < -0.4 is 5.32 Å². The van der Waals surface area contributed by atoms with E-state index in [1.54, 1.807) is 11.7 Å². The predicted octanol–water partition coefficient (Wildman–Crippen LogP) is 0.575. The molecule has 0 bridgehead atoms. The Bertz CT molecular complexity index is 565. The third-order valence-electron chi connectivity index (χ3n) is 3.13. The van der Waals surface area contributed by atoms with E-state index in [0.717, 1.165) is 22.8 Å². The van der Waals surface area contributed by atoms with Crippen LogP contribution in [-0.4, -0.2) is 30.9 Å². The molecule has 0 unspecified atom stereocenters. The van der Waals surface area contributed by atoms with Crippen LogP contribution in [0.5, 0.6) is 0 Å². The van der Waals surface area contributed by atoms with Gasteiger partial charge in [-0.1, -0.05) is 0 Å². The van der Waals surface area contributed by atoms with Gasteiger partial charge >= 0.3 is 0 Å². The van der Waals surface area contributed by atoms with Crippen molar-refractivity contribution in [1.29, 1.82) is 0 Å². The first kappa shape index (κ1) is 13.3. The van der Waals surface area contributed by atoms with Gasteiger partial charge in [-0.3, -0.25) is 14.6 Å². The molecule has 0 aromatic carbocycles. The molecule has 7 nitrogen and oxygen atoms in total. The summed E-state index contributed by atoms with van der Waals surface area (Å²) in [5.41, 5.74) is 2.74. The van der Waals surface area contributed by atoms with E-state index in [4.69, 9.17) is 0 Å². The average Bonchev–Trinajstić information content (AvgIpc) is 2.90. The lowest BCUT2D eigenvalue weighted by molar-refractivity contribution is -0.121. The molecule has 0 spiro atoms. The van der Waals surface area contributed by atoms with Gasteiger partial charge in [0.1, 0.15) is 12.2 Å². The minimum Gasteiger partial charge on any atom is -0.346 e. The molecule has 2 N–H and O–H groups in total. The Balaban J connectivity index is 2.01. The number of aromatic amines is 1. The lowest BCUT2D eigenvalue weighted by atomic mass is 10.1. The first-order valence-corrected chi connectivity index (χ1v) is 6.12. The van der Waals surface area contributed by atoms with E-state index in [0.29, 0.717) is 6.42 Å². The van der Waals surface area contributed by atoms with Crippen LogP contribution in [0.4, 0.5) is 0 Å². The number of amides is 1. The summed E-state index contributed by atoms with van der Waals surface area (Å²) in [5, 5.41) is 13.9. The smallest absolute Gasteiger partial charge is 0.225 e. The molecule has 0 saturated carbocycles. The highest BCUT2D eigenvalue weighted by Gasteiger charge is 2.16. The molecule has 7 heteroatoms. The Morgan fingerprint density at radius 3 is 2.79 bits per heavy atom. The number of rotatable bonds is 4. The molecule has 2 aromatic heterocycles. The topological polar surface area (TPSA) is 88.5 Å². The lowest BCUT2D eigenvalue weighted by Gasteiger charge is -2.13. The fourth-order valence-corrected chi connectivity index (χ4v) is 2.05. The van der Waals surface area contributed by atoms with Gasteiger partial charge in [-0.15, -0.1) is 0 Å². The molecule has 2 aromatic rings. The third-order valence-corrected chi connectivity index (χ3v) is 3.13. The van der Waals surface area contributed by atoms with Crippen molar-refractivity contribution in [2.24, 2.45) is 7.05 Å². The van der Waals surface area contributed by atoms with Crippen LogP contribution in [0.25, 0.3) is 0 Å². The van der Waals surface area contributed by atoms with Crippen LogP contribution in [0.1, 0.15) is 35.7 Å². The summed E-state index contributed by atoms with van der Waals surface area (Å²) in [6.07, 6.45) is 1.79. The Morgan fingerprint density at radius 2 is 2.26 bits per heavy atom. The van der Waals surface area contributed by atoms with Crippen molar-refractivity contribution >= 4 is 5.91 Å². The molecule has 19 heavy (non-hydrogen) atoms. The van der Waals surface area contributed by atoms with Crippen molar-refractivity contribution in [1.82, 2.24) is 30.3 Å². The van der Waals surface area contributed by atoms with E-state index < -0.39 is 0 Å². The molecular weight excluding hydrogens is 244 g/mol. The Kier molecular flexibility index (Phi) is 3.64. The minimum absolute atomic E-state index is 0.0527. The van der Waals surface area contributed by atoms with Gasteiger partial charge in [-0.2, -0.15) is 10.2 Å². The molecule has 2 heterocycles. The highest BCUT2D eigenvalue weighted by atomic mass is 16.1. The van der Waals surface area contributed by atoms with Crippen LogP contribution in [0.3, 0.4) is 0 Å². The Labute approximate surface area is 111 Å². The predicted molar refractivity (Wildman–Crippen MR) is 69.3 cm³/mol. The van der Waals surface area contributed by atoms with Crippen LogP contribution >= 0.6 is 0 Å². The third kappa shape index (κ3) is 2.81. The zero-order valence-corrected chi connectivity index (χ0v) is 11.6. The maximum atomic E-state index is 12.0. The highest BCUT2D eigenvalue weighted by Crippen LogP contribution is 2.12. The quantitative estimate of drug-likeness (QED) is 0.843. The highest BCUT2D eigenvalue weighted by molar-refractivity contribution is 5.79. The van der Waals surface area contributed by atoms with E-state index in [1.807, 2.05) is 20.8 Å². The summed E-state index contributed by atoms with van der Waals surface area (Å²) in [5.74, 6) is 0.678. The SMILES string of the molecule is Cc1n[nH]c(C)c1CC(=O)N[C@H](C)c1ncnn1C. The first-order valence-electron chi connectivity index (χ1n) is 6.12. The maximum absolute atomic E-state index is 12.0. The summed E-state index contributed by atoms with van der Waals surface area (Å²) in [4.78, 5) is 16.1. The van der Waals surface area contributed by atoms with E-state index >= 15 is 0 Å². The fourth-order valence-electron chi connectivity index (χ4n) is 2.05. The molecular formula is C12H18N6O. The molecule has 2 rings (SSSR count). The van der Waals surface area contributed by atoms with Crippen molar-refractivity contribution in [3.63, 3.8) is 0 Å². The lowest BCUT2D eigenvalue weighted by Crippen LogP contribution is -2.30. The molecule has 0 radical (unpaired) electrons. The minimum atomic E-state index is -0.174. The second-order valence-electron chi connectivity index (χ2n) is 4.62. The van der Waals surface area contributed by atoms with Crippen molar-refractivity contribution in [2.75, 3.05) is 0 Å². The maximum Gasteiger partial charge on any atom is 0.225 e. The normalized spacial score (nSPS) is 12.4. The molecule has 0 fully saturated rings. The van der Waals surface area contributed by atoms with Gasteiger partial charge in [0.15, 0.2) is 0 Å². The summed E-state index contributed by atoms with van der Waals surface area (Å²) >= 11 is 0. The number of hydrogen-bond acceptors (Lipinski definition) is 4. The van der Waals surface area contributed by atoms with Crippen molar-refractivity contribution in [2.45, 2.75) is 33.2 Å². The molecule has 0 aliphatic carbocycles. The number of carbonyl (C=O) groups excluding carboxylic acids is 1. The standard InChI is InChI=1S/C12H18N6O/c1-7-10(8(2)17-16-7)5-11(19)15-9(3)12-13-6-14-18(12)4/h6,9H,5H2,1-4H3,(H,15,19)(H,16,17)/t9-/m1/s1. The van der Waals surface area contributed by atoms with Gasteiger partial charge in [0.2, 0.25) is 5.91 Å². The largest absolute Gasteiger partial charge is 0.346 e. The summed E-state index contributed by atoms with van der Waals surface area (Å²) in [6, 6.07) is -0.174. The summed E-state index contributed by atoms with van der Waals surface area (Å²) in [7, 11) is 1.80. The van der Waals surface area contributed by atoms with Crippen molar-refractivity contribution in [3.8, 4) is 0 Å². The van der Waals surface area contributed by atoms with Crippen molar-refractivity contribution in [3.05, 3.63) is 29.1 Å². The second kappa shape index (κ2) is 5.21. The van der Waals surface area contributed by atoms with Crippen molar-refractivity contribution < 1.29 is 4.79 Å². The number of nitrogens with zero attached hydrogens (tertiary/aromatic N) is 4. The van der Waals surface area contributed by atoms with E-state index in [2.05, 4.69) is 25.6 Å². The molecule has 102 valence electrons. The molecule has 0 aliphatic heterocycles. The van der Waals surface area contributed by atoms with E-state index in [-0.39, 0.29) is 11.9 Å². The van der Waals surface area contributed by atoms with Gasteiger partial charge < -0.3 is 5.32 Å². The summed E-state index contributed by atoms with van der Waals surface area (Å²) in [6.45, 7) is 5.68. The summed E-state index contributed by atoms with van der Waals surface area (Å²) < 4.78 is 1.65.